The molecule has 1 rings (SSSR count). The van der Waals surface area contributed by atoms with Crippen LogP contribution in [0.4, 0.5) is 0 Å². The molecule has 1 fully saturated rings. The third-order valence-corrected chi connectivity index (χ3v) is 17.2. The highest BCUT2D eigenvalue weighted by atomic mass is 32.2. The highest BCUT2D eigenvalue weighted by molar-refractivity contribution is 8.14. The van der Waals surface area contributed by atoms with Crippen molar-refractivity contribution in [1.82, 2.24) is 10.3 Å². The van der Waals surface area contributed by atoms with Gasteiger partial charge in [0.05, 0.1) is 18.9 Å². The molecule has 12 nitrogen and oxygen atoms in total. The van der Waals surface area contributed by atoms with Gasteiger partial charge in [-0.2, -0.15) is 16.9 Å². The molecule has 1 unspecified atom stereocenters. The van der Waals surface area contributed by atoms with E-state index in [0.29, 0.717) is 90.1 Å². The van der Waals surface area contributed by atoms with Crippen LogP contribution in [0.5, 0.6) is 0 Å². The van der Waals surface area contributed by atoms with Crippen LogP contribution in [0.3, 0.4) is 0 Å². The molecule has 1 N–H and O–H groups in total. The molecule has 0 aromatic rings. The predicted molar refractivity (Wildman–Crippen MR) is 458 cm³/mol. The number of rotatable bonds is 14. The van der Waals surface area contributed by atoms with Crippen LogP contribution < -0.4 is 5.43 Å². The second kappa shape index (κ2) is 46.2. The number of esters is 1. The zero-order chi connectivity index (χ0) is 84.6. The number of carbonyl (C=O) groups excluding carboxylic acids is 8. The third-order valence-electron chi connectivity index (χ3n) is 12.8. The van der Waals surface area contributed by atoms with Crippen molar-refractivity contribution >= 4 is 87.0 Å². The number of thioether (sulfide) groups is 3. The molecule has 1 saturated heterocycles. The number of likely N-dealkylation sites (tertiary alicyclic amines) is 1. The monoisotopic (exact) mass is 1510 g/mol. The first-order valence-corrected chi connectivity index (χ1v) is 41.0. The molecular formula is C88H175N3O9S3. The van der Waals surface area contributed by atoms with Crippen LogP contribution in [-0.2, 0) is 43.1 Å². The predicted octanol–water partition coefficient (Wildman–Crippen LogP) is 26.1. The summed E-state index contributed by atoms with van der Waals surface area (Å²) in [6, 6.07) is 0. The van der Waals surface area contributed by atoms with Crippen LogP contribution in [0.2, 0.25) is 0 Å². The minimum Gasteiger partial charge on any atom is -0.465 e. The van der Waals surface area contributed by atoms with Gasteiger partial charge in [-0.1, -0.05) is 356 Å². The number of hydrogen-bond donors (Lipinski definition) is 1. The number of carbonyl (C=O) groups is 8. The van der Waals surface area contributed by atoms with Crippen molar-refractivity contribution in [2.75, 3.05) is 24.7 Å². The van der Waals surface area contributed by atoms with E-state index in [9.17, 15) is 38.4 Å². The maximum atomic E-state index is 12.1. The maximum absolute atomic E-state index is 12.1. The lowest BCUT2D eigenvalue weighted by atomic mass is 9.80. The minimum atomic E-state index is -0.173. The van der Waals surface area contributed by atoms with Crippen molar-refractivity contribution in [3.63, 3.8) is 0 Å². The molecular weight excluding hydrogens is 1340 g/mol. The number of nitrogens with one attached hydrogen (secondary N) is 1. The van der Waals surface area contributed by atoms with Crippen molar-refractivity contribution in [3.05, 3.63) is 0 Å². The Labute approximate surface area is 653 Å². The fraction of sp³-hybridized carbons (Fsp3) is 0.898. The van der Waals surface area contributed by atoms with E-state index in [2.05, 4.69) is 218 Å². The summed E-state index contributed by atoms with van der Waals surface area (Å²) >= 11 is 4.97. The van der Waals surface area contributed by atoms with E-state index in [4.69, 9.17) is 4.74 Å². The quantitative estimate of drug-likeness (QED) is 0.0756. The molecule has 3 amide bonds. The van der Waals surface area contributed by atoms with Gasteiger partial charge in [-0.05, 0) is 89.0 Å². The number of hydrogen-bond acceptors (Lipinski definition) is 13. The third kappa shape index (κ3) is 97.5. The van der Waals surface area contributed by atoms with Crippen molar-refractivity contribution in [2.24, 2.45) is 86.8 Å². The smallest absolute Gasteiger partial charge is 0.306 e. The van der Waals surface area contributed by atoms with Gasteiger partial charge in [0.25, 0.3) is 0 Å². The van der Waals surface area contributed by atoms with E-state index in [1.807, 2.05) is 136 Å². The summed E-state index contributed by atoms with van der Waals surface area (Å²) in [5.74, 6) is 2.64. The second-order valence-electron chi connectivity index (χ2n) is 47.2. The lowest BCUT2D eigenvalue weighted by Gasteiger charge is -2.28. The van der Waals surface area contributed by atoms with Gasteiger partial charge in [0, 0.05) is 78.4 Å². The largest absolute Gasteiger partial charge is 0.465 e. The zero-order valence-electron chi connectivity index (χ0n) is 77.3. The lowest BCUT2D eigenvalue weighted by Crippen LogP contribution is -2.39. The Morgan fingerprint density at radius 1 is 0.437 bits per heavy atom. The Kier molecular flexibility index (Phi) is 51.1. The summed E-state index contributed by atoms with van der Waals surface area (Å²) in [4.78, 5) is 93.9. The summed E-state index contributed by atoms with van der Waals surface area (Å²) in [6.45, 7) is 102. The number of imide groups is 1. The standard InChI is InChI=1S/C13H23NO2.C12H24O.C11H22N2O.C11H22O2.2C11H22OS.C10H20O.C9H20S/c1-12(2,3)8-14-10(15)7-9(11(14)16)13(4,5)6;1-11(2,3)8-7-10(13)9-12(4,5)6;1-10(2,3)7-9(14)13-12-8-11(4,5)6;2*1-10(2,3)7-9(12)13-8-11(4,5)6;1-10(2,3)8-7-9(12)13-11(4,5)6;1-9(2,3)7-8(11)10(4,5)6;1-8(2,3)7-10-9(4,5)6/h9H,7-8H2,1-6H3;7-9H2,1-6H3;8H,7H2,1-6H3,(H,13,14);3*7-8H2,1-6H3;7H2,1-6H3;7H2,1-6H3/b;;12-8+;;;;;. The van der Waals surface area contributed by atoms with E-state index < -0.39 is 0 Å². The Morgan fingerprint density at radius 2 is 0.825 bits per heavy atom. The summed E-state index contributed by atoms with van der Waals surface area (Å²) in [5.41, 5.74) is 3.99. The van der Waals surface area contributed by atoms with Gasteiger partial charge in [0.15, 0.2) is 10.2 Å². The van der Waals surface area contributed by atoms with E-state index in [1.165, 1.54) is 34.2 Å². The molecule has 0 aromatic heterocycles. The van der Waals surface area contributed by atoms with Gasteiger partial charge in [0.1, 0.15) is 11.6 Å². The average Bonchev–Trinajstić information content (AvgIpc) is 1.65. The molecule has 0 aromatic carbocycles. The van der Waals surface area contributed by atoms with E-state index in [-0.39, 0.29) is 105 Å². The fourth-order valence-corrected chi connectivity index (χ4v) is 10.5. The number of Topliss-reactive ketones (excluding diaryl/α,β-unsaturated/α-hetero) is 2. The van der Waals surface area contributed by atoms with Crippen LogP contribution in [0.15, 0.2) is 5.10 Å². The normalized spacial score (nSPS) is 14.7. The Morgan fingerprint density at radius 3 is 1.10 bits per heavy atom. The van der Waals surface area contributed by atoms with Crippen LogP contribution in [-0.4, -0.2) is 90.8 Å². The summed E-state index contributed by atoms with van der Waals surface area (Å²) in [6.07, 6.45) is 8.58. The molecule has 15 heteroatoms. The Bertz CT molecular complexity index is 2300. The molecule has 0 aliphatic carbocycles. The molecule has 103 heavy (non-hydrogen) atoms. The molecule has 1 aliphatic rings. The van der Waals surface area contributed by atoms with Crippen LogP contribution in [0.25, 0.3) is 0 Å². The summed E-state index contributed by atoms with van der Waals surface area (Å²) in [5, 5.41) is 4.55. The molecule has 1 heterocycles. The highest BCUT2D eigenvalue weighted by Crippen LogP contribution is 2.38. The summed E-state index contributed by atoms with van der Waals surface area (Å²) in [7, 11) is 0. The first-order chi connectivity index (χ1) is 44.4. The number of ketones is 2. The molecule has 614 valence electrons. The van der Waals surface area contributed by atoms with Gasteiger partial charge in [-0.25, -0.2) is 5.43 Å². The highest BCUT2D eigenvalue weighted by Gasteiger charge is 2.45. The summed E-state index contributed by atoms with van der Waals surface area (Å²) < 4.78 is 5.63. The molecule has 0 saturated carbocycles. The first kappa shape index (κ1) is 114. The van der Waals surface area contributed by atoms with E-state index in [1.54, 1.807) is 6.21 Å². The van der Waals surface area contributed by atoms with Gasteiger partial charge in [-0.3, -0.25) is 43.3 Å². The zero-order valence-corrected chi connectivity index (χ0v) is 79.8. The first-order valence-electron chi connectivity index (χ1n) is 38.3. The molecule has 0 radical (unpaired) electrons. The van der Waals surface area contributed by atoms with Crippen LogP contribution in [0.1, 0.15) is 397 Å². The Balaban J connectivity index is -0.000000205. The topological polar surface area (TPSA) is 173 Å². The minimum absolute atomic E-state index is 0.00688. The number of amides is 3. The number of nitrogens with zero attached hydrogens (tertiary/aromatic N) is 2. The van der Waals surface area contributed by atoms with E-state index in [0.717, 1.165) is 25.0 Å². The number of ether oxygens (including phenoxy) is 1. The van der Waals surface area contributed by atoms with E-state index >= 15 is 0 Å². The van der Waals surface area contributed by atoms with Crippen molar-refractivity contribution < 1.29 is 43.1 Å². The maximum Gasteiger partial charge on any atom is 0.306 e. The van der Waals surface area contributed by atoms with Crippen molar-refractivity contribution in [1.29, 1.82) is 0 Å². The van der Waals surface area contributed by atoms with Gasteiger partial charge in [0.2, 0.25) is 17.7 Å². The van der Waals surface area contributed by atoms with Gasteiger partial charge < -0.3 is 4.74 Å². The molecule has 0 bridgehead atoms. The SMILES string of the molecule is CC(C)(C)/C=N/NC(=O)CC(C)(C)C.CC(C)(C)CC(=O)C(C)(C)C.CC(C)(C)CCC(=O)CC(C)(C)C.CC(C)(C)CCC(=O)SC(C)(C)C.CC(C)(C)CN1C(=O)CC(C(C)(C)C)C1=O.CC(C)(C)COC(=O)CC(C)(C)C.CC(C)(C)CSC(=O)CC(C)(C)C.CC(C)(C)CSC(C)(C)C. The van der Waals surface area contributed by atoms with Crippen molar-refractivity contribution in [3.8, 4) is 0 Å². The van der Waals surface area contributed by atoms with Gasteiger partial charge in [-0.15, -0.1) is 0 Å². The molecule has 1 atom stereocenters. The van der Waals surface area contributed by atoms with Crippen LogP contribution >= 0.6 is 35.3 Å². The fourth-order valence-electron chi connectivity index (χ4n) is 7.63. The lowest BCUT2D eigenvalue weighted by molar-refractivity contribution is -0.148. The number of hydrazone groups is 1. The average molecular weight is 1520 g/mol. The Hall–Kier alpha value is -2.52. The molecule has 1 aliphatic heterocycles. The van der Waals surface area contributed by atoms with Gasteiger partial charge >= 0.3 is 5.97 Å². The van der Waals surface area contributed by atoms with Crippen molar-refractivity contribution in [2.45, 2.75) is 406 Å². The molecule has 0 spiro atoms. The second-order valence-corrected chi connectivity index (χ2v) is 51.9. The van der Waals surface area contributed by atoms with Crippen LogP contribution in [0, 0.1) is 81.7 Å².